The van der Waals surface area contributed by atoms with Crippen LogP contribution in [0.4, 0.5) is 0 Å². The minimum atomic E-state index is -3.99. The molecule has 0 bridgehead atoms. The molecule has 1 aromatic heterocycles. The Morgan fingerprint density at radius 3 is 2.33 bits per heavy atom. The molecule has 0 radical (unpaired) electrons. The van der Waals surface area contributed by atoms with Crippen molar-refractivity contribution in [1.29, 1.82) is 0 Å². The average molecular weight is 327 g/mol. The summed E-state index contributed by atoms with van der Waals surface area (Å²) >= 11 is 5.97. The standard InChI is InChI=1S/C14H15ClN2O3S/c15-13-14(17-12-9-5-4-8-11(12)16-13)21(18,19)20-10-6-2-1-3-7-10/h4-5,8-10H,1-3,6-7H2. The molecular formula is C14H15ClN2O3S. The fourth-order valence-corrected chi connectivity index (χ4v) is 4.03. The van der Waals surface area contributed by atoms with Crippen LogP contribution in [0.25, 0.3) is 11.0 Å². The van der Waals surface area contributed by atoms with Crippen LogP contribution in [0.15, 0.2) is 29.3 Å². The minimum absolute atomic E-state index is 0.149. The SMILES string of the molecule is O=S(=O)(OC1CCCCC1)c1nc2ccccc2nc1Cl. The van der Waals surface area contributed by atoms with Gasteiger partial charge < -0.3 is 0 Å². The average Bonchev–Trinajstić information content (AvgIpc) is 2.47. The second kappa shape index (κ2) is 5.87. The summed E-state index contributed by atoms with van der Waals surface area (Å²) in [7, 11) is -3.99. The molecule has 1 aliphatic carbocycles. The van der Waals surface area contributed by atoms with E-state index in [-0.39, 0.29) is 16.3 Å². The monoisotopic (exact) mass is 326 g/mol. The van der Waals surface area contributed by atoms with Crippen LogP contribution in [0.3, 0.4) is 0 Å². The molecule has 0 N–H and O–H groups in total. The Balaban J connectivity index is 1.95. The van der Waals surface area contributed by atoms with Gasteiger partial charge in [0.15, 0.2) is 5.15 Å². The molecule has 21 heavy (non-hydrogen) atoms. The molecule has 5 nitrogen and oxygen atoms in total. The maximum Gasteiger partial charge on any atom is 0.318 e. The van der Waals surface area contributed by atoms with E-state index in [0.717, 1.165) is 32.1 Å². The number of para-hydroxylation sites is 2. The van der Waals surface area contributed by atoms with Crippen molar-refractivity contribution in [1.82, 2.24) is 9.97 Å². The Hall–Kier alpha value is -1.24. The molecule has 0 amide bonds. The van der Waals surface area contributed by atoms with Crippen LogP contribution < -0.4 is 0 Å². The van der Waals surface area contributed by atoms with Crippen LogP contribution in [0.1, 0.15) is 32.1 Å². The number of benzene rings is 1. The van der Waals surface area contributed by atoms with E-state index in [1.165, 1.54) is 0 Å². The third-order valence-corrected chi connectivity index (χ3v) is 5.21. The van der Waals surface area contributed by atoms with Gasteiger partial charge in [-0.05, 0) is 25.0 Å². The number of rotatable bonds is 3. The van der Waals surface area contributed by atoms with E-state index >= 15 is 0 Å². The van der Waals surface area contributed by atoms with Crippen molar-refractivity contribution < 1.29 is 12.6 Å². The van der Waals surface area contributed by atoms with E-state index < -0.39 is 10.1 Å². The van der Waals surface area contributed by atoms with Crippen molar-refractivity contribution in [2.45, 2.75) is 43.2 Å². The van der Waals surface area contributed by atoms with Gasteiger partial charge in [-0.1, -0.05) is 43.0 Å². The maximum absolute atomic E-state index is 12.4. The topological polar surface area (TPSA) is 69.2 Å². The Morgan fingerprint density at radius 2 is 1.67 bits per heavy atom. The molecule has 0 unspecified atom stereocenters. The van der Waals surface area contributed by atoms with Crippen molar-refractivity contribution in [3.8, 4) is 0 Å². The number of nitrogens with zero attached hydrogens (tertiary/aromatic N) is 2. The second-order valence-electron chi connectivity index (χ2n) is 5.12. The Morgan fingerprint density at radius 1 is 1.05 bits per heavy atom. The molecule has 1 saturated carbocycles. The predicted octanol–water partition coefficient (Wildman–Crippen LogP) is 3.32. The number of hydrogen-bond donors (Lipinski definition) is 0. The summed E-state index contributed by atoms with van der Waals surface area (Å²) in [4.78, 5) is 8.18. The van der Waals surface area contributed by atoms with Gasteiger partial charge in [-0.15, -0.1) is 0 Å². The van der Waals surface area contributed by atoms with Crippen LogP contribution in [0.2, 0.25) is 5.15 Å². The normalized spacial score (nSPS) is 17.2. The molecule has 1 aliphatic rings. The number of aromatic nitrogens is 2. The summed E-state index contributed by atoms with van der Waals surface area (Å²) in [6, 6.07) is 6.98. The van der Waals surface area contributed by atoms with Crippen LogP contribution in [-0.4, -0.2) is 24.5 Å². The highest BCUT2D eigenvalue weighted by Crippen LogP contribution is 2.27. The molecule has 0 spiro atoms. The fourth-order valence-electron chi connectivity index (χ4n) is 2.51. The smallest absolute Gasteiger partial charge is 0.262 e. The predicted molar refractivity (Wildman–Crippen MR) is 79.7 cm³/mol. The van der Waals surface area contributed by atoms with Gasteiger partial charge in [0.2, 0.25) is 5.03 Å². The third kappa shape index (κ3) is 3.17. The lowest BCUT2D eigenvalue weighted by Gasteiger charge is -2.21. The quantitative estimate of drug-likeness (QED) is 0.809. The van der Waals surface area contributed by atoms with Crippen molar-refractivity contribution in [2.75, 3.05) is 0 Å². The zero-order valence-corrected chi connectivity index (χ0v) is 12.9. The van der Waals surface area contributed by atoms with Crippen LogP contribution in [0.5, 0.6) is 0 Å². The van der Waals surface area contributed by atoms with Crippen molar-refractivity contribution >= 4 is 32.8 Å². The van der Waals surface area contributed by atoms with Crippen LogP contribution in [0, 0.1) is 0 Å². The molecule has 112 valence electrons. The van der Waals surface area contributed by atoms with Crippen molar-refractivity contribution in [3.05, 3.63) is 29.4 Å². The number of fused-ring (bicyclic) bond motifs is 1. The van der Waals surface area contributed by atoms with Gasteiger partial charge in [-0.2, -0.15) is 8.42 Å². The Labute approximate surface area is 128 Å². The summed E-state index contributed by atoms with van der Waals surface area (Å²) in [5, 5.41) is -0.446. The summed E-state index contributed by atoms with van der Waals surface area (Å²) in [5.74, 6) is 0. The van der Waals surface area contributed by atoms with Crippen molar-refractivity contribution in [3.63, 3.8) is 0 Å². The van der Waals surface area contributed by atoms with Crippen molar-refractivity contribution in [2.24, 2.45) is 0 Å². The Bertz CT molecular complexity index is 758. The largest absolute Gasteiger partial charge is 0.318 e. The van der Waals surface area contributed by atoms with E-state index in [9.17, 15) is 8.42 Å². The van der Waals surface area contributed by atoms with E-state index in [1.54, 1.807) is 24.3 Å². The molecule has 1 aromatic carbocycles. The maximum atomic E-state index is 12.4. The van der Waals surface area contributed by atoms with Crippen LogP contribution in [-0.2, 0) is 14.3 Å². The summed E-state index contributed by atoms with van der Waals surface area (Å²) in [6.45, 7) is 0. The highest BCUT2D eigenvalue weighted by molar-refractivity contribution is 7.86. The first-order valence-electron chi connectivity index (χ1n) is 6.92. The number of hydrogen-bond acceptors (Lipinski definition) is 5. The van der Waals surface area contributed by atoms with E-state index in [4.69, 9.17) is 15.8 Å². The van der Waals surface area contributed by atoms with Crippen LogP contribution >= 0.6 is 11.6 Å². The van der Waals surface area contributed by atoms with E-state index in [2.05, 4.69) is 9.97 Å². The van der Waals surface area contributed by atoms with Gasteiger partial charge >= 0.3 is 10.1 Å². The molecular weight excluding hydrogens is 312 g/mol. The molecule has 0 saturated heterocycles. The lowest BCUT2D eigenvalue weighted by atomic mass is 9.98. The zero-order valence-electron chi connectivity index (χ0n) is 11.3. The van der Waals surface area contributed by atoms with Gasteiger partial charge in [0.1, 0.15) is 0 Å². The summed E-state index contributed by atoms with van der Waals surface area (Å²) in [5.41, 5.74) is 1.03. The lowest BCUT2D eigenvalue weighted by molar-refractivity contribution is 0.161. The highest BCUT2D eigenvalue weighted by Gasteiger charge is 2.28. The van der Waals surface area contributed by atoms with Gasteiger partial charge in [0, 0.05) is 0 Å². The van der Waals surface area contributed by atoms with Gasteiger partial charge in [0.25, 0.3) is 0 Å². The zero-order chi connectivity index (χ0) is 14.9. The molecule has 0 aliphatic heterocycles. The highest BCUT2D eigenvalue weighted by atomic mass is 35.5. The first kappa shape index (κ1) is 14.7. The first-order valence-corrected chi connectivity index (χ1v) is 8.70. The summed E-state index contributed by atoms with van der Waals surface area (Å²) < 4.78 is 30.0. The van der Waals surface area contributed by atoms with E-state index in [0.29, 0.717) is 11.0 Å². The third-order valence-electron chi connectivity index (χ3n) is 3.55. The molecule has 1 fully saturated rings. The molecule has 1 heterocycles. The first-order chi connectivity index (χ1) is 10.1. The molecule has 2 aromatic rings. The van der Waals surface area contributed by atoms with Gasteiger partial charge in [0.05, 0.1) is 17.1 Å². The minimum Gasteiger partial charge on any atom is -0.262 e. The summed E-state index contributed by atoms with van der Waals surface area (Å²) in [6.07, 6.45) is 4.30. The lowest BCUT2D eigenvalue weighted by Crippen LogP contribution is -2.22. The Kier molecular flexibility index (Phi) is 4.10. The number of halogens is 1. The fraction of sp³-hybridized carbons (Fsp3) is 0.429. The second-order valence-corrected chi connectivity index (χ2v) is 6.96. The molecule has 3 rings (SSSR count). The molecule has 7 heteroatoms. The van der Waals surface area contributed by atoms with Gasteiger partial charge in [-0.3, -0.25) is 4.18 Å². The van der Waals surface area contributed by atoms with Gasteiger partial charge in [-0.25, -0.2) is 9.97 Å². The van der Waals surface area contributed by atoms with E-state index in [1.807, 2.05) is 0 Å². The molecule has 0 atom stereocenters.